The molecule has 2 atom stereocenters. The highest BCUT2D eigenvalue weighted by Crippen LogP contribution is 2.33. The standard InChI is InChI=1S/C32H41N3O6S/c1-7-24(4)33-32(37)25(5)34(21-26-15-17-27(40-6)18-16-26)31(36)22-35(29-11-9-10-12-30(29)41-8-2)42(38,39)28-19-13-23(3)14-20-28/h9-20,24-25H,7-8,21-22H2,1-6H3,(H,33,37). The minimum atomic E-state index is -4.20. The van der Waals surface area contributed by atoms with Gasteiger partial charge in [0.1, 0.15) is 24.1 Å². The number of amides is 2. The van der Waals surface area contributed by atoms with E-state index in [1.807, 2.05) is 32.9 Å². The zero-order valence-corrected chi connectivity index (χ0v) is 26.0. The van der Waals surface area contributed by atoms with Crippen LogP contribution in [0.4, 0.5) is 5.69 Å². The van der Waals surface area contributed by atoms with Crippen molar-refractivity contribution in [3.8, 4) is 11.5 Å². The molecule has 0 heterocycles. The lowest BCUT2D eigenvalue weighted by atomic mass is 10.1. The van der Waals surface area contributed by atoms with E-state index >= 15 is 0 Å². The van der Waals surface area contributed by atoms with Crippen LogP contribution in [0.25, 0.3) is 0 Å². The summed E-state index contributed by atoms with van der Waals surface area (Å²) in [7, 11) is -2.64. The van der Waals surface area contributed by atoms with E-state index in [0.717, 1.165) is 21.9 Å². The maximum atomic E-state index is 14.1. The first-order chi connectivity index (χ1) is 20.0. The summed E-state index contributed by atoms with van der Waals surface area (Å²) in [5.41, 5.74) is 1.89. The lowest BCUT2D eigenvalue weighted by Gasteiger charge is -2.33. The van der Waals surface area contributed by atoms with E-state index in [-0.39, 0.29) is 29.1 Å². The summed E-state index contributed by atoms with van der Waals surface area (Å²) < 4.78 is 40.2. The number of benzene rings is 3. The van der Waals surface area contributed by atoms with Gasteiger partial charge in [0.25, 0.3) is 10.0 Å². The van der Waals surface area contributed by atoms with Gasteiger partial charge in [0.15, 0.2) is 0 Å². The van der Waals surface area contributed by atoms with Crippen molar-refractivity contribution >= 4 is 27.5 Å². The Morgan fingerprint density at radius 1 is 0.929 bits per heavy atom. The normalized spacial score (nSPS) is 12.6. The van der Waals surface area contributed by atoms with Crippen LogP contribution in [-0.4, -0.2) is 57.5 Å². The molecular weight excluding hydrogens is 554 g/mol. The predicted molar refractivity (Wildman–Crippen MR) is 164 cm³/mol. The summed E-state index contributed by atoms with van der Waals surface area (Å²) in [6.45, 7) is 9.01. The lowest BCUT2D eigenvalue weighted by Crippen LogP contribution is -2.52. The Balaban J connectivity index is 2.07. The Bertz CT molecular complexity index is 1440. The second-order valence-electron chi connectivity index (χ2n) is 10.1. The van der Waals surface area contributed by atoms with E-state index in [2.05, 4.69) is 5.32 Å². The van der Waals surface area contributed by atoms with Crippen LogP contribution in [0.2, 0.25) is 0 Å². The highest BCUT2D eigenvalue weighted by Gasteiger charge is 2.34. The predicted octanol–water partition coefficient (Wildman–Crippen LogP) is 4.93. The molecule has 3 aromatic rings. The molecule has 0 aliphatic rings. The number of nitrogens with zero attached hydrogens (tertiary/aromatic N) is 2. The fourth-order valence-electron chi connectivity index (χ4n) is 4.27. The van der Waals surface area contributed by atoms with Crippen molar-refractivity contribution in [2.24, 2.45) is 0 Å². The molecule has 42 heavy (non-hydrogen) atoms. The summed E-state index contributed by atoms with van der Waals surface area (Å²) in [6.07, 6.45) is 0.724. The average molecular weight is 596 g/mol. The third kappa shape index (κ3) is 8.03. The average Bonchev–Trinajstić information content (AvgIpc) is 2.99. The molecule has 0 radical (unpaired) electrons. The van der Waals surface area contributed by atoms with Gasteiger partial charge in [-0.05, 0) is 76.1 Å². The highest BCUT2D eigenvalue weighted by molar-refractivity contribution is 7.92. The van der Waals surface area contributed by atoms with E-state index in [1.54, 1.807) is 69.5 Å². The first kappa shape index (κ1) is 32.5. The van der Waals surface area contributed by atoms with Crippen LogP contribution < -0.4 is 19.1 Å². The molecular formula is C32H41N3O6S. The first-order valence-electron chi connectivity index (χ1n) is 14.1. The van der Waals surface area contributed by atoms with Gasteiger partial charge in [-0.3, -0.25) is 13.9 Å². The first-order valence-corrected chi connectivity index (χ1v) is 15.5. The Labute approximate surface area is 249 Å². The van der Waals surface area contributed by atoms with Gasteiger partial charge in [-0.25, -0.2) is 8.42 Å². The number of para-hydroxylation sites is 2. The van der Waals surface area contributed by atoms with E-state index < -0.39 is 28.5 Å². The summed E-state index contributed by atoms with van der Waals surface area (Å²) >= 11 is 0. The molecule has 0 aliphatic heterocycles. The third-order valence-electron chi connectivity index (χ3n) is 7.00. The number of hydrogen-bond donors (Lipinski definition) is 1. The number of hydrogen-bond acceptors (Lipinski definition) is 6. The van der Waals surface area contributed by atoms with Crippen LogP contribution in [0.3, 0.4) is 0 Å². The van der Waals surface area contributed by atoms with Crippen molar-refractivity contribution in [1.82, 2.24) is 10.2 Å². The molecule has 2 amide bonds. The minimum Gasteiger partial charge on any atom is -0.497 e. The van der Waals surface area contributed by atoms with Gasteiger partial charge in [-0.1, -0.05) is 48.9 Å². The zero-order valence-electron chi connectivity index (χ0n) is 25.2. The molecule has 1 N–H and O–H groups in total. The van der Waals surface area contributed by atoms with E-state index in [9.17, 15) is 18.0 Å². The quantitative estimate of drug-likeness (QED) is 0.283. The molecule has 0 fully saturated rings. The van der Waals surface area contributed by atoms with Gasteiger partial charge in [0.05, 0.1) is 24.3 Å². The number of carbonyl (C=O) groups excluding carboxylic acids is 2. The number of methoxy groups -OCH3 is 1. The van der Waals surface area contributed by atoms with Gasteiger partial charge in [-0.15, -0.1) is 0 Å². The minimum absolute atomic E-state index is 0.0384. The van der Waals surface area contributed by atoms with Gasteiger partial charge in [0.2, 0.25) is 11.8 Å². The number of ether oxygens (including phenoxy) is 2. The van der Waals surface area contributed by atoms with Crippen LogP contribution in [0.1, 0.15) is 45.2 Å². The van der Waals surface area contributed by atoms with Gasteiger partial charge in [-0.2, -0.15) is 0 Å². The molecule has 226 valence electrons. The smallest absolute Gasteiger partial charge is 0.264 e. The number of nitrogens with one attached hydrogen (secondary N) is 1. The van der Waals surface area contributed by atoms with Crippen molar-refractivity contribution in [1.29, 1.82) is 0 Å². The van der Waals surface area contributed by atoms with Crippen molar-refractivity contribution in [3.63, 3.8) is 0 Å². The molecule has 0 bridgehead atoms. The number of carbonyl (C=O) groups is 2. The number of rotatable bonds is 14. The Hall–Kier alpha value is -4.05. The van der Waals surface area contributed by atoms with E-state index in [1.165, 1.54) is 17.0 Å². The topological polar surface area (TPSA) is 105 Å². The summed E-state index contributed by atoms with van der Waals surface area (Å²) in [5, 5.41) is 2.94. The van der Waals surface area contributed by atoms with Crippen LogP contribution >= 0.6 is 0 Å². The molecule has 10 heteroatoms. The Morgan fingerprint density at radius 3 is 2.17 bits per heavy atom. The van der Waals surface area contributed by atoms with Crippen molar-refractivity contribution in [2.75, 3.05) is 24.6 Å². The second kappa shape index (κ2) is 14.7. The molecule has 0 aromatic heterocycles. The fraction of sp³-hybridized carbons (Fsp3) is 0.375. The van der Waals surface area contributed by atoms with E-state index in [0.29, 0.717) is 18.1 Å². The van der Waals surface area contributed by atoms with Crippen LogP contribution in [-0.2, 0) is 26.2 Å². The fourth-order valence-corrected chi connectivity index (χ4v) is 5.69. The lowest BCUT2D eigenvalue weighted by molar-refractivity contribution is -0.139. The zero-order chi connectivity index (χ0) is 30.9. The molecule has 0 saturated carbocycles. The van der Waals surface area contributed by atoms with Gasteiger partial charge < -0.3 is 19.7 Å². The summed E-state index contributed by atoms with van der Waals surface area (Å²) in [6, 6.07) is 19.4. The number of anilines is 1. The van der Waals surface area contributed by atoms with Crippen LogP contribution in [0, 0.1) is 6.92 Å². The maximum absolute atomic E-state index is 14.1. The Kier molecular flexibility index (Phi) is 11.4. The molecule has 9 nitrogen and oxygen atoms in total. The molecule has 0 spiro atoms. The molecule has 3 rings (SSSR count). The van der Waals surface area contributed by atoms with Crippen molar-refractivity contribution in [2.45, 2.75) is 64.6 Å². The van der Waals surface area contributed by atoms with Crippen molar-refractivity contribution in [3.05, 3.63) is 83.9 Å². The second-order valence-corrected chi connectivity index (χ2v) is 12.0. The molecule has 0 saturated heterocycles. The maximum Gasteiger partial charge on any atom is 0.264 e. The van der Waals surface area contributed by atoms with Crippen LogP contribution in [0.5, 0.6) is 11.5 Å². The molecule has 2 unspecified atom stereocenters. The summed E-state index contributed by atoms with van der Waals surface area (Å²) in [5.74, 6) is 0.114. The molecule has 0 aliphatic carbocycles. The van der Waals surface area contributed by atoms with Gasteiger partial charge >= 0.3 is 0 Å². The van der Waals surface area contributed by atoms with Crippen molar-refractivity contribution < 1.29 is 27.5 Å². The number of aryl methyl sites for hydroxylation is 1. The number of sulfonamides is 1. The highest BCUT2D eigenvalue weighted by atomic mass is 32.2. The van der Waals surface area contributed by atoms with E-state index in [4.69, 9.17) is 9.47 Å². The largest absolute Gasteiger partial charge is 0.497 e. The summed E-state index contributed by atoms with van der Waals surface area (Å²) in [4.78, 5) is 28.8. The SMILES string of the molecule is CCOc1ccccc1N(CC(=O)N(Cc1ccc(OC)cc1)C(C)C(=O)NC(C)CC)S(=O)(=O)c1ccc(C)cc1. The third-order valence-corrected chi connectivity index (χ3v) is 8.78. The Morgan fingerprint density at radius 2 is 1.57 bits per heavy atom. The molecule has 3 aromatic carbocycles. The van der Waals surface area contributed by atoms with Gasteiger partial charge in [0, 0.05) is 12.6 Å². The van der Waals surface area contributed by atoms with Crippen LogP contribution in [0.15, 0.2) is 77.7 Å². The monoisotopic (exact) mass is 595 g/mol.